The molecule has 0 unspecified atom stereocenters. The SMILES string of the molecule is CN(C)c1ccc2c(-c3ccc(N(CC(=O)O)CC(=O)O)c(OCCOc4c(N(CC(=O)[O-])CC(=O)O)ccc(F)c4F)c3)c3ccc(=[N+](C)C)cc-3oc2c1. The molecule has 0 aromatic heterocycles. The highest BCUT2D eigenvalue weighted by Gasteiger charge is 2.25. The maximum Gasteiger partial charge on any atom is 0.323 e. The van der Waals surface area contributed by atoms with Gasteiger partial charge in [0.25, 0.3) is 0 Å². The Balaban J connectivity index is 1.61. The first-order chi connectivity index (χ1) is 26.5. The van der Waals surface area contributed by atoms with E-state index in [9.17, 15) is 44.0 Å². The maximum absolute atomic E-state index is 15.1. The molecule has 0 amide bonds. The molecule has 294 valence electrons. The number of hydrogen-bond acceptors (Lipinski definition) is 11. The number of fused-ring (bicyclic) bond motifs is 2. The van der Waals surface area contributed by atoms with Crippen molar-refractivity contribution in [3.05, 3.63) is 83.7 Å². The fraction of sp³-hybridized carbons (Fsp3) is 0.256. The van der Waals surface area contributed by atoms with E-state index in [-0.39, 0.29) is 17.1 Å². The van der Waals surface area contributed by atoms with Crippen LogP contribution in [0.4, 0.5) is 25.8 Å². The monoisotopic (exact) mass is 776 g/mol. The van der Waals surface area contributed by atoms with Gasteiger partial charge in [-0.2, -0.15) is 4.39 Å². The number of anilines is 3. The molecule has 3 aromatic rings. The van der Waals surface area contributed by atoms with Gasteiger partial charge in [-0.05, 0) is 48.0 Å². The molecule has 15 nitrogen and oxygen atoms in total. The molecule has 0 bridgehead atoms. The Hall–Kier alpha value is -6.91. The summed E-state index contributed by atoms with van der Waals surface area (Å²) >= 11 is 0. The average Bonchev–Trinajstić information content (AvgIpc) is 3.12. The molecule has 2 aliphatic rings. The van der Waals surface area contributed by atoms with Crippen LogP contribution in [0.1, 0.15) is 0 Å². The van der Waals surface area contributed by atoms with Crippen LogP contribution in [0.2, 0.25) is 0 Å². The zero-order chi connectivity index (χ0) is 40.8. The number of carboxylic acids is 4. The van der Waals surface area contributed by atoms with Gasteiger partial charge in [0, 0.05) is 48.4 Å². The standard InChI is InChI=1S/C39H38F2N4O11/c1-42(2)23-6-8-25-30(16-23)56-31-17-24(43(3)4)7-9-26(31)37(25)22-5-11-28(44(18-33(46)47)19-34(48)49)32(15-22)54-13-14-55-39-29(12-10-27(40)38(39)41)45(20-35(50)51)21-36(52)53/h5-12,15-17H,13-14,18-21H2,1-4H3,(H3-,46,47,48,49,50,51,52,53). The minimum Gasteiger partial charge on any atom is -0.548 e. The van der Waals surface area contributed by atoms with Crippen molar-refractivity contribution in [2.24, 2.45) is 0 Å². The van der Waals surface area contributed by atoms with Gasteiger partial charge in [0.2, 0.25) is 11.2 Å². The summed E-state index contributed by atoms with van der Waals surface area (Å²) in [6.07, 6.45) is 0. The van der Waals surface area contributed by atoms with Gasteiger partial charge in [-0.3, -0.25) is 14.4 Å². The Morgan fingerprint density at radius 2 is 1.39 bits per heavy atom. The fourth-order valence-electron chi connectivity index (χ4n) is 6.08. The number of rotatable bonds is 17. The smallest absolute Gasteiger partial charge is 0.323 e. The molecule has 3 aromatic carbocycles. The Kier molecular flexibility index (Phi) is 12.3. The normalized spacial score (nSPS) is 11.0. The average molecular weight is 777 g/mol. The zero-order valence-electron chi connectivity index (χ0n) is 30.7. The molecule has 0 fully saturated rings. The Labute approximate surface area is 318 Å². The number of aliphatic carboxylic acids is 4. The minimum absolute atomic E-state index is 0.00917. The van der Waals surface area contributed by atoms with Crippen molar-refractivity contribution in [1.82, 2.24) is 4.58 Å². The highest BCUT2D eigenvalue weighted by atomic mass is 19.2. The summed E-state index contributed by atoms with van der Waals surface area (Å²) in [6, 6.07) is 17.8. The number of carboxylic acid groups (broad SMARTS) is 4. The summed E-state index contributed by atoms with van der Waals surface area (Å²) in [6.45, 7) is -4.25. The van der Waals surface area contributed by atoms with Crippen LogP contribution in [0.15, 0.2) is 71.1 Å². The van der Waals surface area contributed by atoms with E-state index in [4.69, 9.17) is 13.9 Å². The zero-order valence-corrected chi connectivity index (χ0v) is 30.7. The summed E-state index contributed by atoms with van der Waals surface area (Å²) < 4.78 is 49.4. The third-order valence-corrected chi connectivity index (χ3v) is 8.57. The topological polar surface area (TPSA) is 196 Å². The van der Waals surface area contributed by atoms with Crippen LogP contribution in [0.3, 0.4) is 0 Å². The molecule has 3 N–H and O–H groups in total. The lowest BCUT2D eigenvalue weighted by molar-refractivity contribution is -0.303. The summed E-state index contributed by atoms with van der Waals surface area (Å²) in [5, 5.41) is 41.6. The molecule has 0 spiro atoms. The first-order valence-electron chi connectivity index (χ1n) is 17.0. The predicted octanol–water partition coefficient (Wildman–Crippen LogP) is 2.65. The highest BCUT2D eigenvalue weighted by Crippen LogP contribution is 2.43. The van der Waals surface area contributed by atoms with Gasteiger partial charge in [0.15, 0.2) is 11.6 Å². The quantitative estimate of drug-likeness (QED) is 0.0708. The van der Waals surface area contributed by atoms with Crippen LogP contribution < -0.4 is 39.2 Å². The second-order valence-corrected chi connectivity index (χ2v) is 13.0. The number of carbonyl (C=O) groups is 4. The van der Waals surface area contributed by atoms with Gasteiger partial charge in [0.05, 0.1) is 30.0 Å². The molecule has 17 heteroatoms. The summed E-state index contributed by atoms with van der Waals surface area (Å²) in [7, 11) is 7.57. The van der Waals surface area contributed by atoms with Crippen molar-refractivity contribution >= 4 is 51.9 Å². The summed E-state index contributed by atoms with van der Waals surface area (Å²) in [5.41, 5.74) is 3.12. The Bertz CT molecular complexity index is 2330. The van der Waals surface area contributed by atoms with Gasteiger partial charge >= 0.3 is 17.9 Å². The first kappa shape index (κ1) is 40.3. The van der Waals surface area contributed by atoms with Crippen molar-refractivity contribution in [1.29, 1.82) is 0 Å². The van der Waals surface area contributed by atoms with E-state index in [0.29, 0.717) is 39.5 Å². The molecule has 1 heterocycles. The van der Waals surface area contributed by atoms with E-state index >= 15 is 4.39 Å². The van der Waals surface area contributed by atoms with E-state index in [0.717, 1.165) is 26.9 Å². The predicted molar refractivity (Wildman–Crippen MR) is 199 cm³/mol. The van der Waals surface area contributed by atoms with Crippen molar-refractivity contribution in [2.75, 3.05) is 82.3 Å². The molecular weight excluding hydrogens is 738 g/mol. The second kappa shape index (κ2) is 17.0. The van der Waals surface area contributed by atoms with Gasteiger partial charge in [-0.1, -0.05) is 6.07 Å². The van der Waals surface area contributed by atoms with Crippen LogP contribution in [0.25, 0.3) is 33.4 Å². The van der Waals surface area contributed by atoms with Crippen molar-refractivity contribution in [3.8, 4) is 33.9 Å². The van der Waals surface area contributed by atoms with Gasteiger partial charge in [-0.25, -0.2) is 8.97 Å². The number of hydrogen-bond donors (Lipinski definition) is 3. The van der Waals surface area contributed by atoms with E-state index in [1.54, 1.807) is 12.1 Å². The second-order valence-electron chi connectivity index (χ2n) is 13.0. The molecule has 0 saturated carbocycles. The maximum atomic E-state index is 15.1. The number of ether oxygens (including phenoxy) is 2. The van der Waals surface area contributed by atoms with E-state index in [1.165, 1.54) is 6.07 Å². The van der Waals surface area contributed by atoms with E-state index in [1.807, 2.05) is 74.1 Å². The van der Waals surface area contributed by atoms with Crippen LogP contribution >= 0.6 is 0 Å². The lowest BCUT2D eigenvalue weighted by atomic mass is 9.93. The van der Waals surface area contributed by atoms with E-state index < -0.39 is 80.7 Å². The molecule has 1 aliphatic heterocycles. The van der Waals surface area contributed by atoms with Gasteiger partial charge < -0.3 is 53.8 Å². The summed E-state index contributed by atoms with van der Waals surface area (Å²) in [5.74, 6) is -8.90. The molecular formula is C39H38F2N4O11. The lowest BCUT2D eigenvalue weighted by Crippen LogP contribution is -2.41. The molecule has 0 saturated heterocycles. The number of halogens is 2. The molecule has 56 heavy (non-hydrogen) atoms. The Morgan fingerprint density at radius 1 is 0.768 bits per heavy atom. The van der Waals surface area contributed by atoms with Crippen molar-refractivity contribution in [3.63, 3.8) is 0 Å². The van der Waals surface area contributed by atoms with Crippen LogP contribution in [0, 0.1) is 11.6 Å². The van der Waals surface area contributed by atoms with Crippen molar-refractivity contribution in [2.45, 2.75) is 0 Å². The van der Waals surface area contributed by atoms with Crippen molar-refractivity contribution < 1.29 is 62.3 Å². The van der Waals surface area contributed by atoms with E-state index in [2.05, 4.69) is 0 Å². The number of nitrogens with zero attached hydrogens (tertiary/aromatic N) is 4. The largest absolute Gasteiger partial charge is 0.548 e. The number of carbonyl (C=O) groups excluding carboxylic acids is 1. The molecule has 0 atom stereocenters. The van der Waals surface area contributed by atoms with Crippen LogP contribution in [-0.2, 0) is 19.2 Å². The third-order valence-electron chi connectivity index (χ3n) is 8.57. The third kappa shape index (κ3) is 9.23. The highest BCUT2D eigenvalue weighted by molar-refractivity contribution is 6.03. The summed E-state index contributed by atoms with van der Waals surface area (Å²) in [4.78, 5) is 50.2. The number of benzene rings is 4. The van der Waals surface area contributed by atoms with Crippen LogP contribution in [0.5, 0.6) is 11.5 Å². The van der Waals surface area contributed by atoms with Crippen LogP contribution in [-0.4, -0.2) is 107 Å². The molecule has 1 aliphatic carbocycles. The lowest BCUT2D eigenvalue weighted by Gasteiger charge is -2.26. The molecule has 0 radical (unpaired) electrons. The minimum atomic E-state index is -1.69. The first-order valence-corrected chi connectivity index (χ1v) is 17.0. The fourth-order valence-corrected chi connectivity index (χ4v) is 6.08. The van der Waals surface area contributed by atoms with Gasteiger partial charge in [0.1, 0.15) is 64.0 Å². The Morgan fingerprint density at radius 3 is 2.00 bits per heavy atom. The van der Waals surface area contributed by atoms with Gasteiger partial charge in [-0.15, -0.1) is 0 Å². The molecule has 5 rings (SSSR count).